The summed E-state index contributed by atoms with van der Waals surface area (Å²) in [6, 6.07) is 10.4. The van der Waals surface area contributed by atoms with Crippen LogP contribution < -0.4 is 25.4 Å². The number of anilines is 1. The Morgan fingerprint density at radius 3 is 2.50 bits per heavy atom. The highest BCUT2D eigenvalue weighted by Gasteiger charge is 2.32. The van der Waals surface area contributed by atoms with Crippen LogP contribution in [0.4, 0.5) is 10.5 Å². The number of urea groups is 1. The Bertz CT molecular complexity index is 969. The van der Waals surface area contributed by atoms with Crippen LogP contribution in [0.25, 0.3) is 0 Å². The average molecular weight is 411 g/mol. The average Bonchev–Trinajstić information content (AvgIpc) is 2.72. The third-order valence-corrected chi connectivity index (χ3v) is 4.65. The molecule has 8 heteroatoms. The van der Waals surface area contributed by atoms with Crippen LogP contribution in [-0.2, 0) is 4.79 Å². The van der Waals surface area contributed by atoms with Gasteiger partial charge < -0.3 is 30.5 Å². The summed E-state index contributed by atoms with van der Waals surface area (Å²) in [6.07, 6.45) is 0.838. The topological polar surface area (TPSA) is 109 Å². The van der Waals surface area contributed by atoms with Gasteiger partial charge in [-0.15, -0.1) is 0 Å². The molecule has 1 aliphatic heterocycles. The monoisotopic (exact) mass is 411 g/mol. The van der Waals surface area contributed by atoms with Gasteiger partial charge in [-0.2, -0.15) is 0 Å². The lowest BCUT2D eigenvalue weighted by molar-refractivity contribution is -0.113. The summed E-state index contributed by atoms with van der Waals surface area (Å²) in [5, 5.41) is 18.7. The number of hydrogen-bond donors (Lipinski definition) is 4. The van der Waals surface area contributed by atoms with E-state index in [0.717, 1.165) is 6.42 Å². The van der Waals surface area contributed by atoms with E-state index in [1.54, 1.807) is 50.4 Å². The van der Waals surface area contributed by atoms with E-state index in [1.807, 2.05) is 6.92 Å². The van der Waals surface area contributed by atoms with Crippen molar-refractivity contribution in [3.8, 4) is 17.2 Å². The quantitative estimate of drug-likeness (QED) is 0.558. The summed E-state index contributed by atoms with van der Waals surface area (Å²) in [5.41, 5.74) is 1.67. The summed E-state index contributed by atoms with van der Waals surface area (Å²) >= 11 is 0. The molecular weight excluding hydrogens is 386 g/mol. The number of nitrogens with one attached hydrogen (secondary N) is 3. The lowest BCUT2D eigenvalue weighted by atomic mass is 9.94. The van der Waals surface area contributed by atoms with E-state index in [-0.39, 0.29) is 5.75 Å². The molecule has 2 aromatic carbocycles. The van der Waals surface area contributed by atoms with E-state index in [1.165, 1.54) is 6.07 Å². The van der Waals surface area contributed by atoms with Gasteiger partial charge in [-0.05, 0) is 49.7 Å². The zero-order chi connectivity index (χ0) is 21.7. The van der Waals surface area contributed by atoms with Gasteiger partial charge in [-0.25, -0.2) is 4.79 Å². The maximum absolute atomic E-state index is 13.0. The molecule has 0 aliphatic carbocycles. The van der Waals surface area contributed by atoms with E-state index in [4.69, 9.17) is 9.47 Å². The minimum atomic E-state index is -0.822. The third kappa shape index (κ3) is 4.65. The molecule has 1 heterocycles. The largest absolute Gasteiger partial charge is 0.507 e. The Labute approximate surface area is 174 Å². The maximum atomic E-state index is 13.0. The second-order valence-electron chi connectivity index (χ2n) is 6.82. The van der Waals surface area contributed by atoms with Gasteiger partial charge in [0.05, 0.1) is 25.3 Å². The zero-order valence-electron chi connectivity index (χ0n) is 17.1. The van der Waals surface area contributed by atoms with Crippen LogP contribution >= 0.6 is 0 Å². The fourth-order valence-electron chi connectivity index (χ4n) is 3.18. The normalized spacial score (nSPS) is 15.8. The number of phenolic OH excluding ortho intramolecular Hbond substituents is 1. The molecule has 2 aromatic rings. The summed E-state index contributed by atoms with van der Waals surface area (Å²) in [5.74, 6) is 0.714. The van der Waals surface area contributed by atoms with Gasteiger partial charge in [-0.3, -0.25) is 4.79 Å². The smallest absolute Gasteiger partial charge is 0.319 e. The van der Waals surface area contributed by atoms with Crippen molar-refractivity contribution in [1.82, 2.24) is 10.6 Å². The van der Waals surface area contributed by atoms with Crippen molar-refractivity contribution in [2.45, 2.75) is 26.3 Å². The number of methoxy groups -OCH3 is 1. The van der Waals surface area contributed by atoms with Gasteiger partial charge in [0.25, 0.3) is 5.91 Å². The second-order valence-corrected chi connectivity index (χ2v) is 6.82. The second kappa shape index (κ2) is 9.21. The molecule has 0 spiro atoms. The summed E-state index contributed by atoms with van der Waals surface area (Å²) in [6.45, 7) is 4.15. The molecule has 0 saturated heterocycles. The molecule has 0 saturated carbocycles. The molecule has 3 rings (SSSR count). The van der Waals surface area contributed by atoms with Crippen molar-refractivity contribution < 1.29 is 24.2 Å². The van der Waals surface area contributed by atoms with E-state index >= 15 is 0 Å². The van der Waals surface area contributed by atoms with Crippen LogP contribution in [0.15, 0.2) is 53.7 Å². The SMILES string of the molecule is CCCOc1ccc(C2NC(=O)NC(C)=C2C(=O)Nc2ccc(OC)cc2)c(O)c1. The standard InChI is InChI=1S/C22H25N3O5/c1-4-11-30-16-9-10-17(18(26)12-16)20-19(13(2)23-22(28)25-20)21(27)24-14-5-7-15(29-3)8-6-14/h5-10,12,20,26H,4,11H2,1-3H3,(H,24,27)(H2,23,25,28). The lowest BCUT2D eigenvalue weighted by Crippen LogP contribution is -2.46. The number of carbonyl (C=O) groups excluding carboxylic acids is 2. The minimum absolute atomic E-state index is 0.0710. The molecule has 0 aromatic heterocycles. The number of carbonyl (C=O) groups is 2. The van der Waals surface area contributed by atoms with Gasteiger partial charge in [0, 0.05) is 23.0 Å². The predicted octanol–water partition coefficient (Wildman–Crippen LogP) is 3.46. The number of ether oxygens (including phenoxy) is 2. The summed E-state index contributed by atoms with van der Waals surface area (Å²) < 4.78 is 10.7. The van der Waals surface area contributed by atoms with Crippen LogP contribution in [-0.4, -0.2) is 30.8 Å². The first-order valence-electron chi connectivity index (χ1n) is 9.62. The molecule has 1 aliphatic rings. The van der Waals surface area contributed by atoms with Crippen molar-refractivity contribution in [1.29, 1.82) is 0 Å². The number of allylic oxidation sites excluding steroid dienone is 1. The number of phenols is 1. The molecule has 30 heavy (non-hydrogen) atoms. The van der Waals surface area contributed by atoms with Crippen molar-refractivity contribution in [2.75, 3.05) is 19.0 Å². The molecule has 0 fully saturated rings. The first-order valence-corrected chi connectivity index (χ1v) is 9.62. The number of hydrogen-bond acceptors (Lipinski definition) is 5. The highest BCUT2D eigenvalue weighted by molar-refractivity contribution is 6.06. The maximum Gasteiger partial charge on any atom is 0.319 e. The summed E-state index contributed by atoms with van der Waals surface area (Å²) in [4.78, 5) is 25.1. The molecule has 3 amide bonds. The van der Waals surface area contributed by atoms with E-state index in [0.29, 0.717) is 40.6 Å². The third-order valence-electron chi connectivity index (χ3n) is 4.65. The summed E-state index contributed by atoms with van der Waals surface area (Å²) in [7, 11) is 1.56. The minimum Gasteiger partial charge on any atom is -0.507 e. The molecule has 1 atom stereocenters. The molecular formula is C22H25N3O5. The van der Waals surface area contributed by atoms with Crippen LogP contribution in [0.2, 0.25) is 0 Å². The fourth-order valence-corrected chi connectivity index (χ4v) is 3.18. The number of aromatic hydroxyl groups is 1. The Balaban J connectivity index is 1.89. The molecule has 1 unspecified atom stereocenters. The highest BCUT2D eigenvalue weighted by Crippen LogP contribution is 2.35. The Hall–Kier alpha value is -3.68. The van der Waals surface area contributed by atoms with Crippen molar-refractivity contribution in [3.63, 3.8) is 0 Å². The molecule has 0 bridgehead atoms. The van der Waals surface area contributed by atoms with Crippen molar-refractivity contribution in [3.05, 3.63) is 59.3 Å². The van der Waals surface area contributed by atoms with Crippen molar-refractivity contribution in [2.24, 2.45) is 0 Å². The van der Waals surface area contributed by atoms with Gasteiger partial charge in [0.2, 0.25) is 0 Å². The van der Waals surface area contributed by atoms with Crippen molar-refractivity contribution >= 4 is 17.6 Å². The number of amides is 3. The highest BCUT2D eigenvalue weighted by atomic mass is 16.5. The number of rotatable bonds is 7. The Kier molecular flexibility index (Phi) is 6.46. The van der Waals surface area contributed by atoms with Crippen LogP contribution in [0, 0.1) is 0 Å². The predicted molar refractivity (Wildman–Crippen MR) is 113 cm³/mol. The van der Waals surface area contributed by atoms with E-state index in [9.17, 15) is 14.7 Å². The Morgan fingerprint density at radius 1 is 1.17 bits per heavy atom. The number of benzene rings is 2. The van der Waals surface area contributed by atoms with Gasteiger partial charge in [-0.1, -0.05) is 6.92 Å². The van der Waals surface area contributed by atoms with Gasteiger partial charge in [0.15, 0.2) is 0 Å². The van der Waals surface area contributed by atoms with Crippen LogP contribution in [0.3, 0.4) is 0 Å². The van der Waals surface area contributed by atoms with Gasteiger partial charge >= 0.3 is 6.03 Å². The Morgan fingerprint density at radius 2 is 1.87 bits per heavy atom. The fraction of sp³-hybridized carbons (Fsp3) is 0.273. The van der Waals surface area contributed by atoms with Crippen LogP contribution in [0.5, 0.6) is 17.2 Å². The molecule has 8 nitrogen and oxygen atoms in total. The van der Waals surface area contributed by atoms with E-state index in [2.05, 4.69) is 16.0 Å². The molecule has 158 valence electrons. The van der Waals surface area contributed by atoms with Gasteiger partial charge in [0.1, 0.15) is 17.2 Å². The van der Waals surface area contributed by atoms with Crippen LogP contribution in [0.1, 0.15) is 31.9 Å². The van der Waals surface area contributed by atoms with E-state index < -0.39 is 18.0 Å². The first-order chi connectivity index (χ1) is 14.4. The first kappa shape index (κ1) is 21.0. The zero-order valence-corrected chi connectivity index (χ0v) is 17.1. The molecule has 4 N–H and O–H groups in total. The lowest BCUT2D eigenvalue weighted by Gasteiger charge is -2.29. The molecule has 0 radical (unpaired) electrons.